The molecule has 0 aliphatic carbocycles. The number of aromatic nitrogens is 2. The van der Waals surface area contributed by atoms with Crippen molar-refractivity contribution in [3.05, 3.63) is 18.2 Å². The summed E-state index contributed by atoms with van der Waals surface area (Å²) in [4.78, 5) is 6.10. The zero-order valence-corrected chi connectivity index (χ0v) is 11.7. The number of rotatable bonds is 5. The Labute approximate surface area is 117 Å². The Kier molecular flexibility index (Phi) is 5.04. The highest BCUT2D eigenvalue weighted by molar-refractivity contribution is 4.93. The van der Waals surface area contributed by atoms with Crippen LogP contribution in [0.2, 0.25) is 0 Å². The molecule has 0 radical (unpaired) electrons. The minimum Gasteiger partial charge on any atom is -0.325 e. The van der Waals surface area contributed by atoms with E-state index in [-0.39, 0.29) is 0 Å². The van der Waals surface area contributed by atoms with E-state index in [0.717, 1.165) is 32.5 Å². The van der Waals surface area contributed by atoms with Crippen molar-refractivity contribution in [3.63, 3.8) is 0 Å². The average molecular weight is 290 g/mol. The fourth-order valence-electron chi connectivity index (χ4n) is 2.64. The van der Waals surface area contributed by atoms with Crippen LogP contribution in [0.1, 0.15) is 18.7 Å². The molecule has 1 fully saturated rings. The number of alkyl halides is 3. The Bertz CT molecular complexity index is 410. The molecule has 0 saturated carbocycles. The van der Waals surface area contributed by atoms with Crippen molar-refractivity contribution in [2.75, 3.05) is 26.7 Å². The van der Waals surface area contributed by atoms with Crippen LogP contribution in [0.25, 0.3) is 0 Å². The highest BCUT2D eigenvalue weighted by atomic mass is 19.4. The first kappa shape index (κ1) is 15.3. The van der Waals surface area contributed by atoms with Crippen LogP contribution in [0.5, 0.6) is 0 Å². The lowest BCUT2D eigenvalue weighted by Gasteiger charge is -2.27. The molecule has 2 heterocycles. The Morgan fingerprint density at radius 1 is 1.40 bits per heavy atom. The molecule has 114 valence electrons. The summed E-state index contributed by atoms with van der Waals surface area (Å²) < 4.78 is 38.5. The van der Waals surface area contributed by atoms with Gasteiger partial charge in [0.15, 0.2) is 0 Å². The van der Waals surface area contributed by atoms with E-state index in [4.69, 9.17) is 0 Å². The standard InChI is InChI=1S/C13H21F3N4/c1-19(8-11-2-4-17-5-3-11)9-12-18-6-7-20(12)10-13(14,15)16/h6-7,11,17H,2-5,8-10H2,1H3. The summed E-state index contributed by atoms with van der Waals surface area (Å²) in [5.74, 6) is 1.09. The van der Waals surface area contributed by atoms with E-state index in [9.17, 15) is 13.2 Å². The summed E-state index contributed by atoms with van der Waals surface area (Å²) in [5, 5.41) is 3.31. The van der Waals surface area contributed by atoms with Gasteiger partial charge in [-0.2, -0.15) is 13.2 Å². The van der Waals surface area contributed by atoms with Gasteiger partial charge in [-0.3, -0.25) is 4.90 Å². The highest BCUT2D eigenvalue weighted by Gasteiger charge is 2.29. The molecule has 1 aromatic heterocycles. The Hall–Kier alpha value is -1.08. The van der Waals surface area contributed by atoms with Crippen LogP contribution < -0.4 is 5.32 Å². The van der Waals surface area contributed by atoms with Gasteiger partial charge in [0.2, 0.25) is 0 Å². The van der Waals surface area contributed by atoms with Crippen molar-refractivity contribution in [1.82, 2.24) is 19.8 Å². The number of nitrogens with one attached hydrogen (secondary N) is 1. The largest absolute Gasteiger partial charge is 0.406 e. The maximum Gasteiger partial charge on any atom is 0.406 e. The van der Waals surface area contributed by atoms with Crippen LogP contribution >= 0.6 is 0 Å². The number of imidazole rings is 1. The van der Waals surface area contributed by atoms with Gasteiger partial charge in [0.05, 0.1) is 6.54 Å². The molecule has 1 aromatic rings. The lowest BCUT2D eigenvalue weighted by atomic mass is 9.98. The molecule has 20 heavy (non-hydrogen) atoms. The molecule has 1 aliphatic rings. The Morgan fingerprint density at radius 3 is 2.75 bits per heavy atom. The minimum atomic E-state index is -4.21. The summed E-state index contributed by atoms with van der Waals surface area (Å²) >= 11 is 0. The van der Waals surface area contributed by atoms with Crippen LogP contribution in [0.4, 0.5) is 13.2 Å². The molecule has 1 N–H and O–H groups in total. The predicted molar refractivity (Wildman–Crippen MR) is 70.2 cm³/mol. The number of nitrogens with zero attached hydrogens (tertiary/aromatic N) is 3. The fraction of sp³-hybridized carbons (Fsp3) is 0.769. The summed E-state index contributed by atoms with van der Waals surface area (Å²) in [6.07, 6.45) is 0.867. The molecule has 7 heteroatoms. The monoisotopic (exact) mass is 290 g/mol. The second kappa shape index (κ2) is 6.58. The van der Waals surface area contributed by atoms with Crippen LogP contribution in [-0.4, -0.2) is 47.3 Å². The summed E-state index contributed by atoms with van der Waals surface area (Å²) in [6, 6.07) is 0. The third-order valence-electron chi connectivity index (χ3n) is 3.59. The third kappa shape index (κ3) is 4.79. The molecule has 4 nitrogen and oxygen atoms in total. The van der Waals surface area contributed by atoms with Crippen LogP contribution in [-0.2, 0) is 13.1 Å². The molecule has 2 rings (SSSR count). The molecule has 1 aliphatic heterocycles. The Morgan fingerprint density at radius 2 is 2.10 bits per heavy atom. The van der Waals surface area contributed by atoms with Gasteiger partial charge in [-0.05, 0) is 38.9 Å². The molecule has 1 saturated heterocycles. The molecule has 0 amide bonds. The number of halogens is 3. The van der Waals surface area contributed by atoms with Gasteiger partial charge in [0.25, 0.3) is 0 Å². The van der Waals surface area contributed by atoms with Gasteiger partial charge in [-0.25, -0.2) is 4.98 Å². The van der Waals surface area contributed by atoms with E-state index in [2.05, 4.69) is 15.2 Å². The van der Waals surface area contributed by atoms with Crippen molar-refractivity contribution in [2.24, 2.45) is 5.92 Å². The summed E-state index contributed by atoms with van der Waals surface area (Å²) in [7, 11) is 1.94. The molecule has 0 atom stereocenters. The van der Waals surface area contributed by atoms with Crippen molar-refractivity contribution in [2.45, 2.75) is 32.1 Å². The fourth-order valence-corrected chi connectivity index (χ4v) is 2.64. The molecule has 0 aromatic carbocycles. The average Bonchev–Trinajstić information content (AvgIpc) is 2.75. The number of piperidine rings is 1. The van der Waals surface area contributed by atoms with Crippen molar-refractivity contribution >= 4 is 0 Å². The second-order valence-corrected chi connectivity index (χ2v) is 5.48. The summed E-state index contributed by atoms with van der Waals surface area (Å²) in [6.45, 7) is 2.44. The van der Waals surface area contributed by atoms with E-state index < -0.39 is 12.7 Å². The first-order valence-electron chi connectivity index (χ1n) is 6.90. The molecule has 0 bridgehead atoms. The molecular weight excluding hydrogens is 269 g/mol. The molecule has 0 unspecified atom stereocenters. The smallest absolute Gasteiger partial charge is 0.325 e. The summed E-state index contributed by atoms with van der Waals surface area (Å²) in [5.41, 5.74) is 0. The van der Waals surface area contributed by atoms with E-state index >= 15 is 0 Å². The van der Waals surface area contributed by atoms with Gasteiger partial charge in [-0.15, -0.1) is 0 Å². The number of hydrogen-bond donors (Lipinski definition) is 1. The van der Waals surface area contributed by atoms with Gasteiger partial charge in [0.1, 0.15) is 12.4 Å². The number of hydrogen-bond acceptors (Lipinski definition) is 3. The van der Waals surface area contributed by atoms with Crippen molar-refractivity contribution in [3.8, 4) is 0 Å². The first-order chi connectivity index (χ1) is 9.44. The first-order valence-corrected chi connectivity index (χ1v) is 6.90. The maximum atomic E-state index is 12.4. The highest BCUT2D eigenvalue weighted by Crippen LogP contribution is 2.19. The van der Waals surface area contributed by atoms with Gasteiger partial charge in [-0.1, -0.05) is 0 Å². The van der Waals surface area contributed by atoms with Crippen LogP contribution in [0.3, 0.4) is 0 Å². The SMILES string of the molecule is CN(Cc1nccn1CC(F)(F)F)CC1CCNCC1. The molecule has 0 spiro atoms. The van der Waals surface area contributed by atoms with Crippen LogP contribution in [0, 0.1) is 5.92 Å². The lowest BCUT2D eigenvalue weighted by molar-refractivity contribution is -0.141. The zero-order chi connectivity index (χ0) is 14.6. The predicted octanol–water partition coefficient (Wildman–Crippen LogP) is 1.88. The Balaban J connectivity index is 1.87. The van der Waals surface area contributed by atoms with E-state index in [1.807, 2.05) is 7.05 Å². The maximum absolute atomic E-state index is 12.4. The third-order valence-corrected chi connectivity index (χ3v) is 3.59. The van der Waals surface area contributed by atoms with Gasteiger partial charge in [0, 0.05) is 18.9 Å². The van der Waals surface area contributed by atoms with E-state index in [0.29, 0.717) is 18.3 Å². The topological polar surface area (TPSA) is 33.1 Å². The lowest BCUT2D eigenvalue weighted by Crippen LogP contribution is -2.35. The van der Waals surface area contributed by atoms with Gasteiger partial charge >= 0.3 is 6.18 Å². The normalized spacial score (nSPS) is 17.9. The zero-order valence-electron chi connectivity index (χ0n) is 11.7. The van der Waals surface area contributed by atoms with E-state index in [1.165, 1.54) is 17.0 Å². The van der Waals surface area contributed by atoms with Crippen LogP contribution in [0.15, 0.2) is 12.4 Å². The van der Waals surface area contributed by atoms with Crippen molar-refractivity contribution in [1.29, 1.82) is 0 Å². The van der Waals surface area contributed by atoms with Gasteiger partial charge < -0.3 is 9.88 Å². The van der Waals surface area contributed by atoms with E-state index in [1.54, 1.807) is 0 Å². The quantitative estimate of drug-likeness (QED) is 0.899. The second-order valence-electron chi connectivity index (χ2n) is 5.48. The minimum absolute atomic E-state index is 0.451. The molecular formula is C13H21F3N4. The van der Waals surface area contributed by atoms with Crippen molar-refractivity contribution < 1.29 is 13.2 Å².